The van der Waals surface area contributed by atoms with Gasteiger partial charge < -0.3 is 10.1 Å². The van der Waals surface area contributed by atoms with E-state index in [0.717, 1.165) is 32.8 Å². The van der Waals surface area contributed by atoms with Crippen LogP contribution in [0.4, 0.5) is 0 Å². The quantitative estimate of drug-likeness (QED) is 0.716. The molecule has 0 saturated carbocycles. The average molecular weight is 261 g/mol. The zero-order valence-electron chi connectivity index (χ0n) is 11.6. The highest BCUT2D eigenvalue weighted by molar-refractivity contribution is 7.13. The Bertz CT molecular complexity index is 218. The first-order valence-electron chi connectivity index (χ1n) is 6.56. The summed E-state index contributed by atoms with van der Waals surface area (Å²) in [5.41, 5.74) is 0. The Morgan fingerprint density at radius 1 is 1.59 bits per heavy atom. The molecule has 0 radical (unpaired) electrons. The molecule has 0 aromatic carbocycles. The van der Waals surface area contributed by atoms with Gasteiger partial charge in [-0.25, -0.2) is 0 Å². The smallest absolute Gasteiger partial charge is 0.0615 e. The predicted octanol–water partition coefficient (Wildman–Crippen LogP) is 0.796. The molecule has 5 heteroatoms. The van der Waals surface area contributed by atoms with Crippen LogP contribution in [-0.4, -0.2) is 67.6 Å². The van der Waals surface area contributed by atoms with Crippen LogP contribution in [0.1, 0.15) is 20.8 Å². The lowest BCUT2D eigenvalue weighted by atomic mass is 10.1. The molecule has 0 aromatic heterocycles. The van der Waals surface area contributed by atoms with Gasteiger partial charge in [-0.15, -0.1) is 0 Å². The normalized spacial score (nSPS) is 28.6. The van der Waals surface area contributed by atoms with Crippen LogP contribution >= 0.6 is 9.39 Å². The Balaban J connectivity index is 2.40. The van der Waals surface area contributed by atoms with Gasteiger partial charge in [0.1, 0.15) is 0 Å². The van der Waals surface area contributed by atoms with Gasteiger partial charge in [-0.2, -0.15) is 0 Å². The first kappa shape index (κ1) is 15.3. The molecular formula is C12H28N3OP. The van der Waals surface area contributed by atoms with Crippen LogP contribution < -0.4 is 5.32 Å². The number of hydrogen-bond donors (Lipinski definition) is 1. The molecule has 0 bridgehead atoms. The van der Waals surface area contributed by atoms with Crippen LogP contribution in [0.15, 0.2) is 0 Å². The van der Waals surface area contributed by atoms with Crippen molar-refractivity contribution >= 4 is 9.39 Å². The van der Waals surface area contributed by atoms with Gasteiger partial charge >= 0.3 is 0 Å². The van der Waals surface area contributed by atoms with Crippen molar-refractivity contribution in [3.8, 4) is 0 Å². The summed E-state index contributed by atoms with van der Waals surface area (Å²) in [4.78, 5) is 2.48. The van der Waals surface area contributed by atoms with Crippen LogP contribution in [0.25, 0.3) is 0 Å². The highest BCUT2D eigenvalue weighted by Crippen LogP contribution is 2.13. The molecule has 102 valence electrons. The molecule has 4 atom stereocenters. The van der Waals surface area contributed by atoms with E-state index >= 15 is 0 Å². The number of likely N-dealkylation sites (N-methyl/N-ethyl adjacent to an activating group) is 1. The maximum atomic E-state index is 5.24. The van der Waals surface area contributed by atoms with Crippen LogP contribution in [-0.2, 0) is 4.74 Å². The second-order valence-corrected chi connectivity index (χ2v) is 5.71. The summed E-state index contributed by atoms with van der Waals surface area (Å²) in [6.45, 7) is 11.9. The maximum absolute atomic E-state index is 5.24. The van der Waals surface area contributed by atoms with E-state index in [1.807, 2.05) is 0 Å². The molecule has 1 N–H and O–H groups in total. The molecular weight excluding hydrogens is 233 g/mol. The Hall–Kier alpha value is 0.270. The van der Waals surface area contributed by atoms with E-state index in [-0.39, 0.29) is 0 Å². The van der Waals surface area contributed by atoms with Gasteiger partial charge in [0, 0.05) is 44.9 Å². The number of nitrogens with zero attached hydrogens (tertiary/aromatic N) is 2. The minimum atomic E-state index is 0.490. The fourth-order valence-corrected chi connectivity index (χ4v) is 2.69. The van der Waals surface area contributed by atoms with Crippen molar-refractivity contribution < 1.29 is 4.74 Å². The molecule has 17 heavy (non-hydrogen) atoms. The largest absolute Gasteiger partial charge is 0.383 e. The van der Waals surface area contributed by atoms with Crippen molar-refractivity contribution in [3.05, 3.63) is 0 Å². The minimum Gasteiger partial charge on any atom is -0.383 e. The van der Waals surface area contributed by atoms with Crippen LogP contribution in [0.2, 0.25) is 0 Å². The third kappa shape index (κ3) is 4.80. The first-order valence-corrected chi connectivity index (χ1v) is 7.07. The number of rotatable bonds is 6. The van der Waals surface area contributed by atoms with E-state index in [1.165, 1.54) is 0 Å². The number of methoxy groups -OCH3 is 1. The van der Waals surface area contributed by atoms with Crippen molar-refractivity contribution in [3.63, 3.8) is 0 Å². The summed E-state index contributed by atoms with van der Waals surface area (Å²) in [5, 5.41) is 3.62. The summed E-state index contributed by atoms with van der Waals surface area (Å²) in [6.07, 6.45) is 0. The van der Waals surface area contributed by atoms with Crippen molar-refractivity contribution in [1.29, 1.82) is 0 Å². The zero-order valence-corrected chi connectivity index (χ0v) is 12.8. The molecule has 0 amide bonds. The van der Waals surface area contributed by atoms with E-state index in [1.54, 1.807) is 7.11 Å². The lowest BCUT2D eigenvalue weighted by molar-refractivity contribution is 0.0882. The third-order valence-electron chi connectivity index (χ3n) is 3.59. The summed E-state index contributed by atoms with van der Waals surface area (Å²) in [6, 6.07) is 1.66. The van der Waals surface area contributed by atoms with E-state index < -0.39 is 0 Å². The molecule has 0 spiro atoms. The minimum absolute atomic E-state index is 0.490. The number of ether oxygens (including phenoxy) is 1. The van der Waals surface area contributed by atoms with Crippen LogP contribution in [0, 0.1) is 0 Å². The highest BCUT2D eigenvalue weighted by Gasteiger charge is 2.24. The number of hydrogen-bond acceptors (Lipinski definition) is 4. The molecule has 1 aliphatic heterocycles. The van der Waals surface area contributed by atoms with Crippen LogP contribution in [0.5, 0.6) is 0 Å². The summed E-state index contributed by atoms with van der Waals surface area (Å²) in [5.74, 6) is 0. The van der Waals surface area contributed by atoms with Gasteiger partial charge in [0.15, 0.2) is 0 Å². The SMILES string of the molecule is CCN(C[C@H]1CN(P)[C@H](C)CN1)[C@H](C)COC. The zero-order chi connectivity index (χ0) is 12.8. The maximum Gasteiger partial charge on any atom is 0.0615 e. The molecule has 1 unspecified atom stereocenters. The monoisotopic (exact) mass is 261 g/mol. The van der Waals surface area contributed by atoms with Gasteiger partial charge in [0.25, 0.3) is 0 Å². The lowest BCUT2D eigenvalue weighted by Crippen LogP contribution is -2.56. The first-order chi connectivity index (χ1) is 8.08. The number of nitrogens with one attached hydrogen (secondary N) is 1. The highest BCUT2D eigenvalue weighted by atomic mass is 31.0. The second-order valence-electron chi connectivity index (χ2n) is 5.04. The van der Waals surface area contributed by atoms with Crippen LogP contribution in [0.3, 0.4) is 0 Å². The fraction of sp³-hybridized carbons (Fsp3) is 1.00. The van der Waals surface area contributed by atoms with E-state index in [2.05, 4.69) is 45.0 Å². The van der Waals surface area contributed by atoms with E-state index in [9.17, 15) is 0 Å². The van der Waals surface area contributed by atoms with Crippen molar-refractivity contribution in [2.45, 2.75) is 38.9 Å². The van der Waals surface area contributed by atoms with Gasteiger partial charge in [-0.05, 0) is 20.4 Å². The Morgan fingerprint density at radius 2 is 2.29 bits per heavy atom. The molecule has 1 aliphatic rings. The Kier molecular flexibility index (Phi) is 6.90. The van der Waals surface area contributed by atoms with E-state index in [4.69, 9.17) is 4.74 Å². The second kappa shape index (κ2) is 7.65. The summed E-state index contributed by atoms with van der Waals surface area (Å²) in [7, 11) is 4.61. The topological polar surface area (TPSA) is 27.7 Å². The molecule has 1 rings (SSSR count). The molecule has 0 aliphatic carbocycles. The van der Waals surface area contributed by atoms with Gasteiger partial charge in [-0.3, -0.25) is 9.57 Å². The van der Waals surface area contributed by atoms with Crippen molar-refractivity contribution in [2.24, 2.45) is 0 Å². The molecule has 1 saturated heterocycles. The standard InChI is InChI=1S/C12H28N3OP/c1-5-14(11(3)9-16-4)7-12-8-15(17)10(2)6-13-12/h10-13H,5-9,17H2,1-4H3/t10-,11-,12+/m1/s1. The van der Waals surface area contributed by atoms with E-state index in [0.29, 0.717) is 18.1 Å². The molecule has 1 fully saturated rings. The van der Waals surface area contributed by atoms with Gasteiger partial charge in [0.2, 0.25) is 0 Å². The summed E-state index contributed by atoms with van der Waals surface area (Å²) >= 11 is 0. The lowest BCUT2D eigenvalue weighted by Gasteiger charge is -2.39. The predicted molar refractivity (Wildman–Crippen MR) is 76.3 cm³/mol. The Morgan fingerprint density at radius 3 is 2.82 bits per heavy atom. The Labute approximate surface area is 108 Å². The fourth-order valence-electron chi connectivity index (χ4n) is 2.33. The number of piperazine rings is 1. The molecule has 1 heterocycles. The molecule has 4 nitrogen and oxygen atoms in total. The van der Waals surface area contributed by atoms with Gasteiger partial charge in [-0.1, -0.05) is 16.3 Å². The third-order valence-corrected chi connectivity index (χ3v) is 4.31. The van der Waals surface area contributed by atoms with Crippen molar-refractivity contribution in [2.75, 3.05) is 39.9 Å². The van der Waals surface area contributed by atoms with Crippen molar-refractivity contribution in [1.82, 2.24) is 14.9 Å². The summed E-state index contributed by atoms with van der Waals surface area (Å²) < 4.78 is 7.59. The molecule has 0 aromatic rings. The average Bonchev–Trinajstić information content (AvgIpc) is 2.30. The van der Waals surface area contributed by atoms with Gasteiger partial charge in [0.05, 0.1) is 6.61 Å².